The number of Topliss-reactive ketones (excluding diaryl/α,β-unsaturated/α-hetero) is 1. The lowest BCUT2D eigenvalue weighted by Gasteiger charge is -2.31. The standard InChI is InChI=1S/C26H30O8/c1-13(2)6-5-7-14(3)8-9-16-17(27)12-19-21(22(16)29)24(31)25(32)26(34-19)15-10-18(28)23(30)20(11-15)33-4/h6,8,10-12,25-30,32H,5,7,9H2,1-4H3/b14-8+/t25-,26+/m0/s1. The van der Waals surface area contributed by atoms with E-state index in [1.807, 2.05) is 26.8 Å². The number of ether oxygens (including phenoxy) is 2. The summed E-state index contributed by atoms with van der Waals surface area (Å²) >= 11 is 0. The third-order valence-electron chi connectivity index (χ3n) is 5.77. The average Bonchev–Trinajstić information content (AvgIpc) is 2.77. The zero-order valence-electron chi connectivity index (χ0n) is 19.6. The van der Waals surface area contributed by atoms with Gasteiger partial charge in [-0.25, -0.2) is 0 Å². The highest BCUT2D eigenvalue weighted by molar-refractivity contribution is 6.06. The largest absolute Gasteiger partial charge is 0.507 e. The molecule has 8 nitrogen and oxygen atoms in total. The highest BCUT2D eigenvalue weighted by Crippen LogP contribution is 2.46. The van der Waals surface area contributed by atoms with Gasteiger partial charge < -0.3 is 35.0 Å². The maximum Gasteiger partial charge on any atom is 0.202 e. The molecule has 0 spiro atoms. The molecule has 0 radical (unpaired) electrons. The molecule has 8 heteroatoms. The summed E-state index contributed by atoms with van der Waals surface area (Å²) < 4.78 is 10.8. The Labute approximate surface area is 198 Å². The van der Waals surface area contributed by atoms with Gasteiger partial charge in [0.1, 0.15) is 22.8 Å². The number of hydrogen-bond donors (Lipinski definition) is 5. The molecule has 0 amide bonds. The molecule has 182 valence electrons. The maximum absolute atomic E-state index is 13.0. The van der Waals surface area contributed by atoms with Crippen LogP contribution in [0.4, 0.5) is 0 Å². The highest BCUT2D eigenvalue weighted by Gasteiger charge is 2.40. The van der Waals surface area contributed by atoms with Crippen molar-refractivity contribution in [2.75, 3.05) is 7.11 Å². The second-order valence-corrected chi connectivity index (χ2v) is 8.61. The first-order chi connectivity index (χ1) is 16.0. The molecule has 34 heavy (non-hydrogen) atoms. The topological polar surface area (TPSA) is 137 Å². The Morgan fingerprint density at radius 3 is 2.38 bits per heavy atom. The van der Waals surface area contributed by atoms with E-state index in [1.54, 1.807) is 0 Å². The summed E-state index contributed by atoms with van der Waals surface area (Å²) in [5, 5.41) is 51.8. The number of hydrogen-bond acceptors (Lipinski definition) is 8. The van der Waals surface area contributed by atoms with E-state index >= 15 is 0 Å². The van der Waals surface area contributed by atoms with Gasteiger partial charge >= 0.3 is 0 Å². The Morgan fingerprint density at radius 1 is 1.03 bits per heavy atom. The molecular weight excluding hydrogens is 440 g/mol. The molecule has 1 aliphatic heterocycles. The number of fused-ring (bicyclic) bond motifs is 1. The van der Waals surface area contributed by atoms with Crippen LogP contribution in [0.3, 0.4) is 0 Å². The van der Waals surface area contributed by atoms with Crippen molar-refractivity contribution in [2.45, 2.75) is 52.2 Å². The molecule has 0 saturated heterocycles. The number of phenols is 4. The molecule has 2 aromatic rings. The predicted octanol–water partition coefficient (Wildman–Crippen LogP) is 4.43. The van der Waals surface area contributed by atoms with Crippen LogP contribution in [0.15, 0.2) is 41.5 Å². The van der Waals surface area contributed by atoms with E-state index < -0.39 is 35.2 Å². The first-order valence-electron chi connectivity index (χ1n) is 10.9. The van der Waals surface area contributed by atoms with Gasteiger partial charge in [0, 0.05) is 17.2 Å². The van der Waals surface area contributed by atoms with E-state index in [1.165, 1.54) is 24.8 Å². The number of rotatable bonds is 7. The number of ketones is 1. The van der Waals surface area contributed by atoms with Crippen molar-refractivity contribution in [1.29, 1.82) is 0 Å². The van der Waals surface area contributed by atoms with Crippen LogP contribution in [-0.2, 0) is 6.42 Å². The van der Waals surface area contributed by atoms with Crippen LogP contribution >= 0.6 is 0 Å². The second kappa shape index (κ2) is 10.1. The lowest BCUT2D eigenvalue weighted by molar-refractivity contribution is 0.0208. The van der Waals surface area contributed by atoms with Gasteiger partial charge in [-0.15, -0.1) is 0 Å². The molecule has 0 fully saturated rings. The minimum absolute atomic E-state index is 0.0724. The van der Waals surface area contributed by atoms with Crippen LogP contribution in [-0.4, -0.2) is 44.5 Å². The van der Waals surface area contributed by atoms with Crippen molar-refractivity contribution < 1.29 is 39.8 Å². The van der Waals surface area contributed by atoms with Gasteiger partial charge in [-0.05, 0) is 52.2 Å². The molecule has 5 N–H and O–H groups in total. The van der Waals surface area contributed by atoms with Crippen LogP contribution in [0.2, 0.25) is 0 Å². The van der Waals surface area contributed by atoms with Crippen molar-refractivity contribution in [3.63, 3.8) is 0 Å². The van der Waals surface area contributed by atoms with Crippen LogP contribution in [0.1, 0.15) is 61.2 Å². The summed E-state index contributed by atoms with van der Waals surface area (Å²) in [6.45, 7) is 6.01. The molecule has 0 bridgehead atoms. The quantitative estimate of drug-likeness (QED) is 0.296. The maximum atomic E-state index is 13.0. The van der Waals surface area contributed by atoms with E-state index in [0.717, 1.165) is 24.5 Å². The number of aliphatic hydroxyl groups is 1. The fourth-order valence-electron chi connectivity index (χ4n) is 3.84. The fraction of sp³-hybridized carbons (Fsp3) is 0.346. The van der Waals surface area contributed by atoms with Gasteiger partial charge in [-0.1, -0.05) is 23.3 Å². The summed E-state index contributed by atoms with van der Waals surface area (Å²) in [7, 11) is 1.28. The minimum atomic E-state index is -1.70. The van der Waals surface area contributed by atoms with Gasteiger partial charge in [0.05, 0.1) is 7.11 Å². The van der Waals surface area contributed by atoms with Crippen LogP contribution in [0.5, 0.6) is 34.5 Å². The van der Waals surface area contributed by atoms with Gasteiger partial charge in [0.15, 0.2) is 23.7 Å². The van der Waals surface area contributed by atoms with Crippen molar-refractivity contribution in [3.05, 3.63) is 58.2 Å². The van der Waals surface area contributed by atoms with Gasteiger partial charge in [0.2, 0.25) is 11.5 Å². The molecule has 0 aliphatic carbocycles. The first kappa shape index (κ1) is 25.0. The Balaban J connectivity index is 1.93. The number of carbonyl (C=O) groups excluding carboxylic acids is 1. The van der Waals surface area contributed by atoms with Crippen LogP contribution in [0.25, 0.3) is 0 Å². The van der Waals surface area contributed by atoms with Crippen LogP contribution in [0, 0.1) is 0 Å². The highest BCUT2D eigenvalue weighted by atomic mass is 16.5. The summed E-state index contributed by atoms with van der Waals surface area (Å²) in [5.41, 5.74) is 2.40. The normalized spacial score (nSPS) is 17.7. The molecule has 2 atom stereocenters. The van der Waals surface area contributed by atoms with E-state index in [9.17, 15) is 30.3 Å². The summed E-state index contributed by atoms with van der Waals surface area (Å²) in [6, 6.07) is 3.68. The Kier molecular flexibility index (Phi) is 7.41. The number of benzene rings is 2. The molecule has 0 saturated carbocycles. The molecule has 1 heterocycles. The number of aromatic hydroxyl groups is 4. The molecule has 3 rings (SSSR count). The van der Waals surface area contributed by atoms with E-state index in [2.05, 4.69) is 6.08 Å². The Bertz CT molecular complexity index is 1160. The third-order valence-corrected chi connectivity index (χ3v) is 5.77. The van der Waals surface area contributed by atoms with Crippen molar-refractivity contribution >= 4 is 5.78 Å². The van der Waals surface area contributed by atoms with E-state index in [4.69, 9.17) is 9.47 Å². The zero-order chi connectivity index (χ0) is 25.2. The monoisotopic (exact) mass is 470 g/mol. The zero-order valence-corrected chi connectivity index (χ0v) is 19.6. The SMILES string of the molecule is COc1cc([C@H]2Oc3cc(O)c(C/C=C(\C)CCC=C(C)C)c(O)c3C(=O)[C@@H]2O)cc(O)c1O. The number of phenolic OH excluding ortho intramolecular Hbond substituents is 4. The number of aliphatic hydroxyl groups excluding tert-OH is 1. The number of allylic oxidation sites excluding steroid dienone is 4. The number of methoxy groups -OCH3 is 1. The summed E-state index contributed by atoms with van der Waals surface area (Å²) in [6.07, 6.45) is 2.93. The fourth-order valence-corrected chi connectivity index (χ4v) is 3.84. The van der Waals surface area contributed by atoms with Crippen LogP contribution < -0.4 is 9.47 Å². The Morgan fingerprint density at radius 2 is 1.74 bits per heavy atom. The lowest BCUT2D eigenvalue weighted by atomic mass is 9.90. The third kappa shape index (κ3) is 4.97. The lowest BCUT2D eigenvalue weighted by Crippen LogP contribution is -2.36. The molecule has 0 aromatic heterocycles. The molecule has 0 unspecified atom stereocenters. The van der Waals surface area contributed by atoms with Crippen molar-refractivity contribution in [1.82, 2.24) is 0 Å². The minimum Gasteiger partial charge on any atom is -0.507 e. The summed E-state index contributed by atoms with van der Waals surface area (Å²) in [5.74, 6) is -2.67. The van der Waals surface area contributed by atoms with E-state index in [-0.39, 0.29) is 40.4 Å². The van der Waals surface area contributed by atoms with E-state index in [0.29, 0.717) is 0 Å². The molecular formula is C26H30O8. The average molecular weight is 471 g/mol. The summed E-state index contributed by atoms with van der Waals surface area (Å²) in [4.78, 5) is 13.0. The Hall–Kier alpha value is -3.65. The second-order valence-electron chi connectivity index (χ2n) is 8.61. The molecule has 1 aliphatic rings. The number of carbonyl (C=O) groups is 1. The van der Waals surface area contributed by atoms with Gasteiger partial charge in [-0.3, -0.25) is 4.79 Å². The van der Waals surface area contributed by atoms with Crippen molar-refractivity contribution in [2.24, 2.45) is 0 Å². The van der Waals surface area contributed by atoms with Crippen molar-refractivity contribution in [3.8, 4) is 34.5 Å². The van der Waals surface area contributed by atoms with Gasteiger partial charge in [-0.2, -0.15) is 0 Å². The van der Waals surface area contributed by atoms with Gasteiger partial charge in [0.25, 0.3) is 0 Å². The predicted molar refractivity (Wildman–Crippen MR) is 126 cm³/mol. The molecule has 2 aromatic carbocycles. The first-order valence-corrected chi connectivity index (χ1v) is 10.9. The smallest absolute Gasteiger partial charge is 0.202 e.